The number of ether oxygens (including phenoxy) is 1. The molecule has 0 radical (unpaired) electrons. The molecule has 0 aliphatic carbocycles. The van der Waals surface area contributed by atoms with E-state index in [1.165, 1.54) is 15.4 Å². The van der Waals surface area contributed by atoms with Crippen LogP contribution in [0.5, 0.6) is 11.6 Å². The number of nitrogens with zero attached hydrogens (tertiary/aromatic N) is 3. The van der Waals surface area contributed by atoms with Crippen LogP contribution >= 0.6 is 35.6 Å². The third-order valence-corrected chi connectivity index (χ3v) is 7.12. The number of aryl methyl sites for hydroxylation is 1. The van der Waals surface area contributed by atoms with Crippen LogP contribution in [-0.2, 0) is 11.3 Å². The van der Waals surface area contributed by atoms with Gasteiger partial charge in [0.25, 0.3) is 11.5 Å². The lowest BCUT2D eigenvalue weighted by molar-refractivity contribution is -0.122. The molecule has 2 aromatic carbocycles. The number of amides is 1. The van der Waals surface area contributed by atoms with E-state index in [0.29, 0.717) is 32.2 Å². The van der Waals surface area contributed by atoms with Gasteiger partial charge in [-0.25, -0.2) is 0 Å². The Kier molecular flexibility index (Phi) is 6.42. The van der Waals surface area contributed by atoms with Gasteiger partial charge in [-0.1, -0.05) is 84.1 Å². The molecule has 0 spiro atoms. The summed E-state index contributed by atoms with van der Waals surface area (Å²) in [5.74, 6) is 0.136. The molecule has 9 heteroatoms. The van der Waals surface area contributed by atoms with Crippen molar-refractivity contribution in [3.8, 4) is 11.6 Å². The monoisotopic (exact) mass is 519 g/mol. The van der Waals surface area contributed by atoms with E-state index in [1.807, 2.05) is 43.3 Å². The third kappa shape index (κ3) is 4.60. The summed E-state index contributed by atoms with van der Waals surface area (Å²) in [6.45, 7) is 2.20. The number of aromatic nitrogens is 2. The topological polar surface area (TPSA) is 63.9 Å². The van der Waals surface area contributed by atoms with Gasteiger partial charge in [0.2, 0.25) is 5.88 Å². The fraction of sp³-hybridized carbons (Fsp3) is 0.0769. The molecule has 0 unspecified atom stereocenters. The molecule has 2 aromatic heterocycles. The Morgan fingerprint density at radius 1 is 1.06 bits per heavy atom. The number of halogens is 1. The van der Waals surface area contributed by atoms with Crippen LogP contribution in [0, 0.1) is 6.92 Å². The van der Waals surface area contributed by atoms with Crippen molar-refractivity contribution in [3.63, 3.8) is 0 Å². The predicted octanol–water partition coefficient (Wildman–Crippen LogP) is 5.85. The summed E-state index contributed by atoms with van der Waals surface area (Å²) < 4.78 is 7.87. The van der Waals surface area contributed by atoms with Gasteiger partial charge in [-0.3, -0.25) is 18.9 Å². The smallest absolute Gasteiger partial charge is 0.269 e. The first-order chi connectivity index (χ1) is 16.9. The van der Waals surface area contributed by atoms with Crippen molar-refractivity contribution in [2.75, 3.05) is 0 Å². The van der Waals surface area contributed by atoms with Gasteiger partial charge in [-0.15, -0.1) is 0 Å². The second-order valence-corrected chi connectivity index (χ2v) is 9.89. The number of fused-ring (bicyclic) bond motifs is 1. The van der Waals surface area contributed by atoms with Gasteiger partial charge in [-0.2, -0.15) is 4.98 Å². The van der Waals surface area contributed by atoms with Crippen molar-refractivity contribution >= 4 is 57.5 Å². The lowest BCUT2D eigenvalue weighted by Crippen LogP contribution is -2.27. The molecule has 174 valence electrons. The Labute approximate surface area is 215 Å². The van der Waals surface area contributed by atoms with Crippen molar-refractivity contribution in [2.45, 2.75) is 13.5 Å². The summed E-state index contributed by atoms with van der Waals surface area (Å²) in [6.07, 6.45) is 3.13. The molecule has 1 amide bonds. The van der Waals surface area contributed by atoms with E-state index in [9.17, 15) is 9.59 Å². The first-order valence-corrected chi connectivity index (χ1v) is 12.3. The van der Waals surface area contributed by atoms with E-state index < -0.39 is 0 Å². The molecule has 1 aliphatic heterocycles. The zero-order valence-corrected chi connectivity index (χ0v) is 20.9. The fourth-order valence-electron chi connectivity index (χ4n) is 3.66. The highest BCUT2D eigenvalue weighted by atomic mass is 35.5. The van der Waals surface area contributed by atoms with Crippen LogP contribution in [0.25, 0.3) is 11.7 Å². The zero-order chi connectivity index (χ0) is 24.5. The lowest BCUT2D eigenvalue weighted by atomic mass is 10.2. The first-order valence-electron chi connectivity index (χ1n) is 10.7. The number of pyridine rings is 1. The van der Waals surface area contributed by atoms with E-state index in [2.05, 4.69) is 4.98 Å². The Morgan fingerprint density at radius 2 is 1.80 bits per heavy atom. The largest absolute Gasteiger partial charge is 0.437 e. The second kappa shape index (κ2) is 9.65. The minimum Gasteiger partial charge on any atom is -0.437 e. The highest BCUT2D eigenvalue weighted by Gasteiger charge is 2.33. The highest BCUT2D eigenvalue weighted by Crippen LogP contribution is 2.36. The molecule has 5 rings (SSSR count). The maximum absolute atomic E-state index is 13.5. The number of carbonyl (C=O) groups excluding carboxylic acids is 1. The van der Waals surface area contributed by atoms with Crippen LogP contribution < -0.4 is 10.3 Å². The summed E-state index contributed by atoms with van der Waals surface area (Å²) in [5, 5.41) is 0.374. The SMILES string of the molecule is Cc1cccn2c(=O)c(/C=C3/SC(=S)N(Cc4ccccc4)C3=O)c(Oc3ccccc3Cl)nc12. The molecule has 1 saturated heterocycles. The Hall–Kier alpha value is -3.46. The van der Waals surface area contributed by atoms with Gasteiger partial charge >= 0.3 is 0 Å². The Bertz CT molecular complexity index is 1570. The van der Waals surface area contributed by atoms with Crippen LogP contribution in [0.4, 0.5) is 0 Å². The summed E-state index contributed by atoms with van der Waals surface area (Å²) in [4.78, 5) is 33.2. The minimum atomic E-state index is -0.367. The molecular formula is C26H18ClN3O3S2. The number of hydrogen-bond donors (Lipinski definition) is 0. The molecule has 1 fully saturated rings. The van der Waals surface area contributed by atoms with Crippen LogP contribution in [-0.4, -0.2) is 24.5 Å². The number of benzene rings is 2. The molecule has 1 aliphatic rings. The minimum absolute atomic E-state index is 0.0609. The van der Waals surface area contributed by atoms with Crippen molar-refractivity contribution in [3.05, 3.63) is 110 Å². The van der Waals surface area contributed by atoms with E-state index in [0.717, 1.165) is 22.9 Å². The summed E-state index contributed by atoms with van der Waals surface area (Å²) >= 11 is 12.9. The third-order valence-electron chi connectivity index (χ3n) is 5.43. The van der Waals surface area contributed by atoms with Gasteiger partial charge < -0.3 is 4.74 Å². The Balaban J connectivity index is 1.60. The normalized spacial score (nSPS) is 14.8. The molecule has 6 nitrogen and oxygen atoms in total. The van der Waals surface area contributed by atoms with E-state index >= 15 is 0 Å². The van der Waals surface area contributed by atoms with Crippen molar-refractivity contribution < 1.29 is 9.53 Å². The van der Waals surface area contributed by atoms with Gasteiger partial charge in [0.1, 0.15) is 21.3 Å². The van der Waals surface area contributed by atoms with E-state index in [-0.39, 0.29) is 22.9 Å². The zero-order valence-electron chi connectivity index (χ0n) is 18.5. The fourth-order valence-corrected chi connectivity index (χ4v) is 5.07. The average molecular weight is 520 g/mol. The number of rotatable bonds is 5. The molecule has 0 N–H and O–H groups in total. The molecule has 0 atom stereocenters. The van der Waals surface area contributed by atoms with Gasteiger partial charge in [-0.05, 0) is 42.3 Å². The molecule has 3 heterocycles. The first kappa shape index (κ1) is 23.3. The molecule has 0 bridgehead atoms. The number of thioether (sulfide) groups is 1. The number of para-hydroxylation sites is 1. The van der Waals surface area contributed by atoms with Crippen molar-refractivity contribution in [1.82, 2.24) is 14.3 Å². The van der Waals surface area contributed by atoms with Crippen LogP contribution in [0.2, 0.25) is 5.02 Å². The highest BCUT2D eigenvalue weighted by molar-refractivity contribution is 8.26. The van der Waals surface area contributed by atoms with Gasteiger partial charge in [0, 0.05) is 6.20 Å². The maximum Gasteiger partial charge on any atom is 0.269 e. The van der Waals surface area contributed by atoms with Gasteiger partial charge in [0.15, 0.2) is 0 Å². The summed E-state index contributed by atoms with van der Waals surface area (Å²) in [5.41, 5.74) is 1.97. The predicted molar refractivity (Wildman–Crippen MR) is 143 cm³/mol. The van der Waals surface area contributed by atoms with Crippen molar-refractivity contribution in [2.24, 2.45) is 0 Å². The molecule has 4 aromatic rings. The molecule has 0 saturated carbocycles. The number of carbonyl (C=O) groups is 1. The van der Waals surface area contributed by atoms with Crippen LogP contribution in [0.3, 0.4) is 0 Å². The van der Waals surface area contributed by atoms with E-state index in [1.54, 1.807) is 36.5 Å². The summed E-state index contributed by atoms with van der Waals surface area (Å²) in [6, 6.07) is 20.1. The molecule has 35 heavy (non-hydrogen) atoms. The molecular weight excluding hydrogens is 502 g/mol. The quantitative estimate of drug-likeness (QED) is 0.243. The van der Waals surface area contributed by atoms with E-state index in [4.69, 9.17) is 28.6 Å². The summed E-state index contributed by atoms with van der Waals surface area (Å²) in [7, 11) is 0. The lowest BCUT2D eigenvalue weighted by Gasteiger charge is -2.14. The second-order valence-electron chi connectivity index (χ2n) is 7.81. The maximum atomic E-state index is 13.5. The Morgan fingerprint density at radius 3 is 2.57 bits per heavy atom. The van der Waals surface area contributed by atoms with Crippen LogP contribution in [0.15, 0.2) is 82.6 Å². The number of thiocarbonyl (C=S) groups is 1. The van der Waals surface area contributed by atoms with Gasteiger partial charge in [0.05, 0.1) is 16.5 Å². The number of hydrogen-bond acceptors (Lipinski definition) is 6. The van der Waals surface area contributed by atoms with Crippen LogP contribution in [0.1, 0.15) is 16.7 Å². The standard InChI is InChI=1S/C26H18ClN3O3S2/c1-16-8-7-13-29-22(16)28-23(33-20-12-6-5-11-19(20)27)18(24(29)31)14-21-25(32)30(26(34)35-21)15-17-9-3-2-4-10-17/h2-14H,15H2,1H3/b21-14+. The average Bonchev–Trinajstić information content (AvgIpc) is 3.11. The van der Waals surface area contributed by atoms with Crippen molar-refractivity contribution in [1.29, 1.82) is 0 Å².